The van der Waals surface area contributed by atoms with Gasteiger partial charge in [-0.05, 0) is 30.2 Å². The molecule has 0 bridgehead atoms. The van der Waals surface area contributed by atoms with Crippen molar-refractivity contribution >= 4 is 10.9 Å². The number of benzene rings is 1. The first-order chi connectivity index (χ1) is 9.74. The van der Waals surface area contributed by atoms with E-state index < -0.39 is 0 Å². The number of rotatable bonds is 4. The van der Waals surface area contributed by atoms with Gasteiger partial charge in [-0.3, -0.25) is 4.98 Å². The molecule has 1 unspecified atom stereocenters. The minimum Gasteiger partial charge on any atom is -0.338 e. The van der Waals surface area contributed by atoms with Crippen LogP contribution in [0.15, 0.2) is 48.9 Å². The van der Waals surface area contributed by atoms with Gasteiger partial charge in [-0.2, -0.15) is 0 Å². The summed E-state index contributed by atoms with van der Waals surface area (Å²) in [7, 11) is 2.01. The van der Waals surface area contributed by atoms with Gasteiger partial charge >= 0.3 is 0 Å². The molecule has 0 aliphatic rings. The van der Waals surface area contributed by atoms with E-state index in [0.29, 0.717) is 0 Å². The van der Waals surface area contributed by atoms with Crippen LogP contribution in [-0.2, 0) is 13.5 Å². The molecule has 2 aromatic heterocycles. The molecule has 0 fully saturated rings. The Bertz CT molecular complexity index is 717. The predicted octanol–water partition coefficient (Wildman–Crippen LogP) is 2.60. The second-order valence-corrected chi connectivity index (χ2v) is 5.06. The molecule has 0 aliphatic heterocycles. The molecule has 4 heteroatoms. The second kappa shape index (κ2) is 5.43. The molecule has 0 spiro atoms. The molecule has 3 aromatic rings. The maximum atomic E-state index is 6.30. The number of fused-ring (bicyclic) bond motifs is 1. The van der Waals surface area contributed by atoms with Crippen LogP contribution in [0.3, 0.4) is 0 Å². The number of nitrogens with two attached hydrogens (primary N) is 1. The fourth-order valence-corrected chi connectivity index (χ4v) is 2.41. The summed E-state index contributed by atoms with van der Waals surface area (Å²) in [6, 6.07) is 10.3. The van der Waals surface area contributed by atoms with Gasteiger partial charge in [0.15, 0.2) is 0 Å². The van der Waals surface area contributed by atoms with Crippen molar-refractivity contribution in [2.75, 3.05) is 0 Å². The van der Waals surface area contributed by atoms with Gasteiger partial charge in [0.1, 0.15) is 5.82 Å². The highest BCUT2D eigenvalue weighted by Gasteiger charge is 2.09. The minimum absolute atomic E-state index is 0.0244. The molecule has 1 aromatic carbocycles. The summed E-state index contributed by atoms with van der Waals surface area (Å²) in [6.45, 7) is 0. The molecule has 0 amide bonds. The number of hydrogen-bond donors (Lipinski definition) is 1. The average molecular weight is 266 g/mol. The van der Waals surface area contributed by atoms with E-state index in [-0.39, 0.29) is 6.04 Å². The second-order valence-electron chi connectivity index (χ2n) is 5.06. The Morgan fingerprint density at radius 1 is 1.20 bits per heavy atom. The van der Waals surface area contributed by atoms with Crippen molar-refractivity contribution in [1.29, 1.82) is 0 Å². The van der Waals surface area contributed by atoms with E-state index in [1.807, 2.05) is 42.3 Å². The zero-order chi connectivity index (χ0) is 13.9. The highest BCUT2D eigenvalue weighted by molar-refractivity contribution is 5.79. The van der Waals surface area contributed by atoms with Crippen molar-refractivity contribution in [3.05, 3.63) is 60.3 Å². The Morgan fingerprint density at radius 3 is 2.90 bits per heavy atom. The average Bonchev–Trinajstić information content (AvgIpc) is 2.89. The Hall–Kier alpha value is -2.20. The SMILES string of the molecule is Cn1ccnc1CCC(N)c1ccc2ncccc2c1. The third-order valence-corrected chi connectivity index (χ3v) is 3.66. The first kappa shape index (κ1) is 12.8. The number of pyridine rings is 1. The van der Waals surface area contributed by atoms with Gasteiger partial charge in [0, 0.05) is 43.5 Å². The zero-order valence-corrected chi connectivity index (χ0v) is 11.5. The van der Waals surface area contributed by atoms with E-state index in [1.54, 1.807) is 0 Å². The number of imidazole rings is 1. The van der Waals surface area contributed by atoms with Gasteiger partial charge < -0.3 is 10.3 Å². The van der Waals surface area contributed by atoms with Crippen LogP contribution in [0.2, 0.25) is 0 Å². The molecule has 2 N–H and O–H groups in total. The van der Waals surface area contributed by atoms with Crippen molar-refractivity contribution in [2.24, 2.45) is 12.8 Å². The minimum atomic E-state index is 0.0244. The van der Waals surface area contributed by atoms with Crippen LogP contribution in [0.25, 0.3) is 10.9 Å². The van der Waals surface area contributed by atoms with E-state index >= 15 is 0 Å². The molecule has 20 heavy (non-hydrogen) atoms. The number of aromatic nitrogens is 3. The van der Waals surface area contributed by atoms with Crippen molar-refractivity contribution < 1.29 is 0 Å². The monoisotopic (exact) mass is 266 g/mol. The molecular weight excluding hydrogens is 248 g/mol. The lowest BCUT2D eigenvalue weighted by atomic mass is 10.0. The summed E-state index contributed by atoms with van der Waals surface area (Å²) in [6.07, 6.45) is 7.36. The third-order valence-electron chi connectivity index (χ3n) is 3.66. The summed E-state index contributed by atoms with van der Waals surface area (Å²) in [5, 5.41) is 1.14. The molecule has 0 radical (unpaired) electrons. The molecule has 102 valence electrons. The van der Waals surface area contributed by atoms with Crippen LogP contribution in [-0.4, -0.2) is 14.5 Å². The maximum Gasteiger partial charge on any atom is 0.108 e. The number of nitrogens with zero attached hydrogens (tertiary/aromatic N) is 3. The molecule has 0 saturated heterocycles. The quantitative estimate of drug-likeness (QED) is 0.789. The van der Waals surface area contributed by atoms with Crippen LogP contribution in [0.4, 0.5) is 0 Å². The Kier molecular flexibility index (Phi) is 3.48. The van der Waals surface area contributed by atoms with Crippen LogP contribution in [0.5, 0.6) is 0 Å². The normalized spacial score (nSPS) is 12.7. The molecular formula is C16H18N4. The highest BCUT2D eigenvalue weighted by atomic mass is 15.0. The fourth-order valence-electron chi connectivity index (χ4n) is 2.41. The predicted molar refractivity (Wildman–Crippen MR) is 80.2 cm³/mol. The smallest absolute Gasteiger partial charge is 0.108 e. The Morgan fingerprint density at radius 2 is 2.10 bits per heavy atom. The maximum absolute atomic E-state index is 6.30. The lowest BCUT2D eigenvalue weighted by molar-refractivity contribution is 0.621. The summed E-state index contributed by atoms with van der Waals surface area (Å²) < 4.78 is 2.04. The van der Waals surface area contributed by atoms with E-state index in [1.165, 1.54) is 0 Å². The molecule has 0 aliphatic carbocycles. The number of hydrogen-bond acceptors (Lipinski definition) is 3. The van der Waals surface area contributed by atoms with Crippen LogP contribution in [0, 0.1) is 0 Å². The molecule has 1 atom stereocenters. The van der Waals surface area contributed by atoms with Crippen LogP contribution < -0.4 is 5.73 Å². The molecule has 3 rings (SSSR count). The van der Waals surface area contributed by atoms with E-state index in [4.69, 9.17) is 5.73 Å². The van der Waals surface area contributed by atoms with Gasteiger partial charge in [0.25, 0.3) is 0 Å². The molecule has 4 nitrogen and oxygen atoms in total. The van der Waals surface area contributed by atoms with E-state index in [0.717, 1.165) is 35.1 Å². The summed E-state index contributed by atoms with van der Waals surface area (Å²) in [5.74, 6) is 1.07. The van der Waals surface area contributed by atoms with Crippen molar-refractivity contribution in [2.45, 2.75) is 18.9 Å². The van der Waals surface area contributed by atoms with Crippen molar-refractivity contribution in [3.8, 4) is 0 Å². The summed E-state index contributed by atoms with van der Waals surface area (Å²) >= 11 is 0. The Labute approximate surface area is 118 Å². The van der Waals surface area contributed by atoms with Crippen LogP contribution >= 0.6 is 0 Å². The van der Waals surface area contributed by atoms with Crippen molar-refractivity contribution in [1.82, 2.24) is 14.5 Å². The first-order valence-corrected chi connectivity index (χ1v) is 6.80. The number of aryl methyl sites for hydroxylation is 2. The Balaban J connectivity index is 1.75. The van der Waals surface area contributed by atoms with E-state index in [2.05, 4.69) is 28.2 Å². The zero-order valence-electron chi connectivity index (χ0n) is 11.5. The van der Waals surface area contributed by atoms with Crippen LogP contribution in [0.1, 0.15) is 23.9 Å². The van der Waals surface area contributed by atoms with Gasteiger partial charge in [0.05, 0.1) is 5.52 Å². The summed E-state index contributed by atoms with van der Waals surface area (Å²) in [5.41, 5.74) is 8.45. The van der Waals surface area contributed by atoms with Crippen molar-refractivity contribution in [3.63, 3.8) is 0 Å². The molecule has 2 heterocycles. The third kappa shape index (κ3) is 2.56. The fraction of sp³-hybridized carbons (Fsp3) is 0.250. The lowest BCUT2D eigenvalue weighted by Crippen LogP contribution is -2.12. The largest absolute Gasteiger partial charge is 0.338 e. The van der Waals surface area contributed by atoms with Gasteiger partial charge in [-0.25, -0.2) is 4.98 Å². The molecule has 0 saturated carbocycles. The lowest BCUT2D eigenvalue weighted by Gasteiger charge is -2.12. The van der Waals surface area contributed by atoms with Gasteiger partial charge in [-0.15, -0.1) is 0 Å². The summed E-state index contributed by atoms with van der Waals surface area (Å²) in [4.78, 5) is 8.65. The topological polar surface area (TPSA) is 56.7 Å². The van der Waals surface area contributed by atoms with Gasteiger partial charge in [0.2, 0.25) is 0 Å². The van der Waals surface area contributed by atoms with E-state index in [9.17, 15) is 0 Å². The standard InChI is InChI=1S/C16H18N4/c1-20-10-9-19-16(20)7-5-14(17)12-4-6-15-13(11-12)3-2-8-18-15/h2-4,6,8-11,14H,5,7,17H2,1H3. The first-order valence-electron chi connectivity index (χ1n) is 6.80. The highest BCUT2D eigenvalue weighted by Crippen LogP contribution is 2.20. The van der Waals surface area contributed by atoms with Gasteiger partial charge in [-0.1, -0.05) is 12.1 Å².